The highest BCUT2D eigenvalue weighted by Gasteiger charge is 2.41. The van der Waals surface area contributed by atoms with Gasteiger partial charge in [0, 0.05) is 24.3 Å². The van der Waals surface area contributed by atoms with E-state index in [9.17, 15) is 36.6 Å². The van der Waals surface area contributed by atoms with E-state index < -0.39 is 39.2 Å². The molecular formula is C22H21F3N4O5S2. The number of hydrogen-bond acceptors (Lipinski definition) is 9. The van der Waals surface area contributed by atoms with E-state index in [0.29, 0.717) is 40.8 Å². The largest absolute Gasteiger partial charge is 0.481 e. The summed E-state index contributed by atoms with van der Waals surface area (Å²) in [5.74, 6) is -2.06. The molecule has 2 aromatic heterocycles. The number of alkyl halides is 3. The molecule has 1 aliphatic carbocycles. The van der Waals surface area contributed by atoms with Gasteiger partial charge in [-0.3, -0.25) is 4.79 Å². The first-order valence-electron chi connectivity index (χ1n) is 10.7. The molecular weight excluding hydrogens is 521 g/mol. The average Bonchev–Trinajstić information content (AvgIpc) is 3.29. The van der Waals surface area contributed by atoms with Gasteiger partial charge in [-0.25, -0.2) is 23.4 Å². The molecule has 1 fully saturated rings. The van der Waals surface area contributed by atoms with Gasteiger partial charge < -0.3 is 15.5 Å². The van der Waals surface area contributed by atoms with Crippen LogP contribution in [0.4, 0.5) is 24.8 Å². The van der Waals surface area contributed by atoms with Crippen LogP contribution >= 0.6 is 11.3 Å². The Morgan fingerprint density at radius 3 is 2.67 bits per heavy atom. The van der Waals surface area contributed by atoms with Crippen LogP contribution in [-0.4, -0.2) is 45.8 Å². The minimum atomic E-state index is -4.68. The van der Waals surface area contributed by atoms with Crippen molar-refractivity contribution >= 4 is 38.8 Å². The second kappa shape index (κ2) is 9.41. The van der Waals surface area contributed by atoms with Crippen molar-refractivity contribution in [1.82, 2.24) is 15.0 Å². The maximum absolute atomic E-state index is 13.0. The predicted molar refractivity (Wildman–Crippen MR) is 124 cm³/mol. The van der Waals surface area contributed by atoms with E-state index >= 15 is 0 Å². The molecule has 0 radical (unpaired) electrons. The van der Waals surface area contributed by atoms with Gasteiger partial charge >= 0.3 is 12.1 Å². The van der Waals surface area contributed by atoms with Gasteiger partial charge in [0.2, 0.25) is 5.95 Å². The SMILES string of the molecule is CS(=O)(=O)c1cc(Nc2nccc(C(F)(F)F)n2)cc(-c2cnc(C3(O)CCCC(C(=O)O)C3)s2)c1. The van der Waals surface area contributed by atoms with Crippen molar-refractivity contribution in [2.24, 2.45) is 5.92 Å². The Morgan fingerprint density at radius 1 is 1.25 bits per heavy atom. The van der Waals surface area contributed by atoms with E-state index in [-0.39, 0.29) is 23.0 Å². The fourth-order valence-corrected chi connectivity index (χ4v) is 5.73. The second-order valence-corrected chi connectivity index (χ2v) is 11.6. The lowest BCUT2D eigenvalue weighted by Gasteiger charge is -2.33. The van der Waals surface area contributed by atoms with Crippen LogP contribution in [0.25, 0.3) is 10.4 Å². The summed E-state index contributed by atoms with van der Waals surface area (Å²) >= 11 is 1.09. The maximum Gasteiger partial charge on any atom is 0.433 e. The number of anilines is 2. The van der Waals surface area contributed by atoms with E-state index in [1.165, 1.54) is 24.4 Å². The first-order chi connectivity index (χ1) is 16.7. The van der Waals surface area contributed by atoms with E-state index in [1.54, 1.807) is 0 Å². The van der Waals surface area contributed by atoms with Crippen LogP contribution in [0.2, 0.25) is 0 Å². The molecule has 192 valence electrons. The number of aliphatic hydroxyl groups is 1. The van der Waals surface area contributed by atoms with Crippen molar-refractivity contribution in [2.75, 3.05) is 11.6 Å². The van der Waals surface area contributed by atoms with Gasteiger partial charge in [-0.05, 0) is 55.5 Å². The number of carbonyl (C=O) groups is 1. The summed E-state index contributed by atoms with van der Waals surface area (Å²) in [5, 5.41) is 23.4. The molecule has 3 aromatic rings. The zero-order valence-electron chi connectivity index (χ0n) is 18.8. The van der Waals surface area contributed by atoms with Crippen molar-refractivity contribution < 1.29 is 36.6 Å². The molecule has 4 rings (SSSR count). The van der Waals surface area contributed by atoms with E-state index in [0.717, 1.165) is 23.8 Å². The Bertz CT molecular complexity index is 1410. The van der Waals surface area contributed by atoms with Crippen molar-refractivity contribution in [3.63, 3.8) is 0 Å². The molecule has 3 N–H and O–H groups in total. The summed E-state index contributed by atoms with van der Waals surface area (Å²) in [6.45, 7) is 0. The molecule has 36 heavy (non-hydrogen) atoms. The Hall–Kier alpha value is -3.10. The summed E-state index contributed by atoms with van der Waals surface area (Å²) in [5.41, 5.74) is -2.08. The number of thiazole rings is 1. The summed E-state index contributed by atoms with van der Waals surface area (Å²) in [6.07, 6.45) is 0.00231. The molecule has 1 aliphatic rings. The third-order valence-corrected chi connectivity index (χ3v) is 8.13. The maximum atomic E-state index is 13.0. The normalized spacial score (nSPS) is 20.8. The molecule has 0 saturated heterocycles. The van der Waals surface area contributed by atoms with Gasteiger partial charge in [-0.15, -0.1) is 11.3 Å². The summed E-state index contributed by atoms with van der Waals surface area (Å²) in [4.78, 5) is 23.3. The highest BCUT2D eigenvalue weighted by molar-refractivity contribution is 7.90. The highest BCUT2D eigenvalue weighted by Crippen LogP contribution is 2.43. The van der Waals surface area contributed by atoms with Gasteiger partial charge in [0.15, 0.2) is 9.84 Å². The lowest BCUT2D eigenvalue weighted by Crippen LogP contribution is -2.35. The van der Waals surface area contributed by atoms with Crippen LogP contribution in [0.5, 0.6) is 0 Å². The number of nitrogens with zero attached hydrogens (tertiary/aromatic N) is 3. The number of rotatable bonds is 6. The molecule has 1 aromatic carbocycles. The number of benzene rings is 1. The molecule has 1 saturated carbocycles. The van der Waals surface area contributed by atoms with E-state index in [4.69, 9.17) is 0 Å². The minimum absolute atomic E-state index is 0.0123. The minimum Gasteiger partial charge on any atom is -0.481 e. The molecule has 0 aliphatic heterocycles. The number of aromatic nitrogens is 3. The lowest BCUT2D eigenvalue weighted by atomic mass is 9.78. The Labute approximate surface area is 208 Å². The summed E-state index contributed by atoms with van der Waals surface area (Å²) in [6, 6.07) is 4.85. The van der Waals surface area contributed by atoms with E-state index in [1.807, 2.05) is 0 Å². The van der Waals surface area contributed by atoms with Gasteiger partial charge in [0.05, 0.1) is 15.7 Å². The number of aliphatic carboxylic acids is 1. The fraction of sp³-hybridized carbons (Fsp3) is 0.364. The number of hydrogen-bond donors (Lipinski definition) is 3. The second-order valence-electron chi connectivity index (χ2n) is 8.60. The highest BCUT2D eigenvalue weighted by atomic mass is 32.2. The number of sulfone groups is 1. The standard InChI is InChI=1S/C22H21F3N4O5S2/c1-36(33,34)15-8-13(7-14(9-15)28-20-26-6-4-17(29-20)22(23,24)25)16-11-27-19(35-16)21(32)5-2-3-12(10-21)18(30)31/h4,6-9,11-12,32H,2-3,5,10H2,1H3,(H,30,31)(H,26,28,29). The number of carboxylic acid groups (broad SMARTS) is 1. The van der Waals surface area contributed by atoms with Crippen LogP contribution in [0.1, 0.15) is 36.4 Å². The molecule has 0 amide bonds. The quantitative estimate of drug-likeness (QED) is 0.417. The molecule has 2 unspecified atom stereocenters. The van der Waals surface area contributed by atoms with Crippen LogP contribution < -0.4 is 5.32 Å². The zero-order valence-corrected chi connectivity index (χ0v) is 20.4. The third-order valence-electron chi connectivity index (χ3n) is 5.80. The van der Waals surface area contributed by atoms with E-state index in [2.05, 4.69) is 20.3 Å². The molecule has 9 nitrogen and oxygen atoms in total. The van der Waals surface area contributed by atoms with Crippen LogP contribution in [0.3, 0.4) is 0 Å². The molecule has 0 spiro atoms. The number of carboxylic acids is 1. The van der Waals surface area contributed by atoms with Crippen molar-refractivity contribution in [3.8, 4) is 10.4 Å². The Morgan fingerprint density at radius 2 is 2.00 bits per heavy atom. The predicted octanol–water partition coefficient (Wildman–Crippen LogP) is 4.23. The van der Waals surface area contributed by atoms with Crippen LogP contribution in [0.15, 0.2) is 41.6 Å². The van der Waals surface area contributed by atoms with Crippen molar-refractivity contribution in [2.45, 2.75) is 42.4 Å². The van der Waals surface area contributed by atoms with Crippen molar-refractivity contribution in [1.29, 1.82) is 0 Å². The zero-order chi connectivity index (χ0) is 26.3. The van der Waals surface area contributed by atoms with Crippen molar-refractivity contribution in [3.05, 3.63) is 47.4 Å². The molecule has 0 bridgehead atoms. The molecule has 2 heterocycles. The first kappa shape index (κ1) is 26.0. The molecule has 2 atom stereocenters. The first-order valence-corrected chi connectivity index (χ1v) is 13.4. The van der Waals surface area contributed by atoms with Gasteiger partial charge in [0.1, 0.15) is 16.3 Å². The van der Waals surface area contributed by atoms with Gasteiger partial charge in [-0.1, -0.05) is 0 Å². The fourth-order valence-electron chi connectivity index (χ4n) is 4.01. The summed E-state index contributed by atoms with van der Waals surface area (Å²) < 4.78 is 63.6. The Kier molecular flexibility index (Phi) is 6.79. The number of halogens is 3. The Balaban J connectivity index is 1.70. The lowest BCUT2D eigenvalue weighted by molar-refractivity contribution is -0.147. The van der Waals surface area contributed by atoms with Gasteiger partial charge in [-0.2, -0.15) is 13.2 Å². The topological polar surface area (TPSA) is 142 Å². The summed E-state index contributed by atoms with van der Waals surface area (Å²) in [7, 11) is -3.71. The third kappa shape index (κ3) is 5.65. The monoisotopic (exact) mass is 542 g/mol. The molecule has 14 heteroatoms. The van der Waals surface area contributed by atoms with Crippen LogP contribution in [0, 0.1) is 5.92 Å². The smallest absolute Gasteiger partial charge is 0.433 e. The number of nitrogens with one attached hydrogen (secondary N) is 1. The average molecular weight is 543 g/mol. The van der Waals surface area contributed by atoms with Crippen LogP contribution in [-0.2, 0) is 26.4 Å². The van der Waals surface area contributed by atoms with Gasteiger partial charge in [0.25, 0.3) is 0 Å².